The third-order valence-electron chi connectivity index (χ3n) is 3.52. The molecule has 1 N–H and O–H groups in total. The second-order valence-corrected chi connectivity index (χ2v) is 4.57. The molecule has 1 aromatic carbocycles. The minimum absolute atomic E-state index is 0.291. The fourth-order valence-corrected chi connectivity index (χ4v) is 2.49. The zero-order valence-electron chi connectivity index (χ0n) is 9.97. The minimum Gasteiger partial charge on any atom is -0.396 e. The Hall–Kier alpha value is -1.53. The highest BCUT2D eigenvalue weighted by Crippen LogP contribution is 2.27. The van der Waals surface area contributed by atoms with Crippen LogP contribution in [-0.2, 0) is 0 Å². The average Bonchev–Trinajstić information content (AvgIpc) is 2.40. The van der Waals surface area contributed by atoms with Crippen LogP contribution in [0.2, 0.25) is 0 Å². The first-order valence-corrected chi connectivity index (χ1v) is 6.20. The van der Waals surface area contributed by atoms with Crippen LogP contribution in [0.25, 0.3) is 0 Å². The van der Waals surface area contributed by atoms with Crippen molar-refractivity contribution in [2.75, 3.05) is 24.6 Å². The van der Waals surface area contributed by atoms with Crippen molar-refractivity contribution in [2.45, 2.75) is 19.3 Å². The molecule has 3 heteroatoms. The summed E-state index contributed by atoms with van der Waals surface area (Å²) in [6, 6.07) is 10.0. The number of anilines is 1. The van der Waals surface area contributed by atoms with Gasteiger partial charge in [-0.1, -0.05) is 12.1 Å². The second kappa shape index (κ2) is 5.70. The molecule has 0 bridgehead atoms. The predicted molar refractivity (Wildman–Crippen MR) is 67.8 cm³/mol. The number of nitrogens with zero attached hydrogens (tertiary/aromatic N) is 2. The lowest BCUT2D eigenvalue weighted by Crippen LogP contribution is -2.34. The van der Waals surface area contributed by atoms with E-state index >= 15 is 0 Å². The van der Waals surface area contributed by atoms with E-state index in [1.54, 1.807) is 0 Å². The van der Waals surface area contributed by atoms with Crippen molar-refractivity contribution >= 4 is 5.69 Å². The van der Waals surface area contributed by atoms with Crippen LogP contribution in [0.15, 0.2) is 24.3 Å². The first-order chi connectivity index (χ1) is 8.35. The van der Waals surface area contributed by atoms with E-state index in [0.717, 1.165) is 43.6 Å². The van der Waals surface area contributed by atoms with Gasteiger partial charge in [-0.2, -0.15) is 5.26 Å². The van der Waals surface area contributed by atoms with Gasteiger partial charge in [0, 0.05) is 19.7 Å². The van der Waals surface area contributed by atoms with Gasteiger partial charge in [-0.15, -0.1) is 0 Å². The topological polar surface area (TPSA) is 47.3 Å². The fourth-order valence-electron chi connectivity index (χ4n) is 2.49. The molecule has 2 rings (SSSR count). The molecule has 0 unspecified atom stereocenters. The van der Waals surface area contributed by atoms with Crippen molar-refractivity contribution in [1.82, 2.24) is 0 Å². The van der Waals surface area contributed by atoms with Gasteiger partial charge in [0.15, 0.2) is 0 Å². The minimum atomic E-state index is 0.291. The number of hydrogen-bond donors (Lipinski definition) is 1. The molecule has 0 aliphatic carbocycles. The van der Waals surface area contributed by atoms with Crippen LogP contribution in [0.1, 0.15) is 24.8 Å². The number of aliphatic hydroxyl groups is 1. The van der Waals surface area contributed by atoms with Gasteiger partial charge in [0.2, 0.25) is 0 Å². The highest BCUT2D eigenvalue weighted by molar-refractivity contribution is 5.59. The third-order valence-corrected chi connectivity index (χ3v) is 3.52. The van der Waals surface area contributed by atoms with Gasteiger partial charge >= 0.3 is 0 Å². The van der Waals surface area contributed by atoms with Crippen LogP contribution in [0.3, 0.4) is 0 Å². The Morgan fingerprint density at radius 2 is 2.00 bits per heavy atom. The summed E-state index contributed by atoms with van der Waals surface area (Å²) < 4.78 is 0. The molecule has 1 aromatic rings. The van der Waals surface area contributed by atoms with Crippen LogP contribution < -0.4 is 4.90 Å². The lowest BCUT2D eigenvalue weighted by atomic mass is 9.93. The van der Waals surface area contributed by atoms with Crippen LogP contribution in [-0.4, -0.2) is 24.8 Å². The summed E-state index contributed by atoms with van der Waals surface area (Å²) in [5.74, 6) is 0.644. The van der Waals surface area contributed by atoms with Gasteiger partial charge in [0.25, 0.3) is 0 Å². The summed E-state index contributed by atoms with van der Waals surface area (Å²) in [7, 11) is 0. The van der Waals surface area contributed by atoms with E-state index in [0.29, 0.717) is 12.5 Å². The number of piperidine rings is 1. The summed E-state index contributed by atoms with van der Waals surface area (Å²) >= 11 is 0. The molecular weight excluding hydrogens is 212 g/mol. The molecule has 1 saturated heterocycles. The normalized spacial score (nSPS) is 16.8. The van der Waals surface area contributed by atoms with E-state index in [-0.39, 0.29) is 0 Å². The number of rotatable bonds is 3. The van der Waals surface area contributed by atoms with Crippen molar-refractivity contribution < 1.29 is 5.11 Å². The van der Waals surface area contributed by atoms with E-state index in [1.165, 1.54) is 0 Å². The molecule has 0 spiro atoms. The zero-order valence-corrected chi connectivity index (χ0v) is 9.97. The third kappa shape index (κ3) is 2.78. The predicted octanol–water partition coefficient (Wildman–Crippen LogP) is 2.16. The molecule has 0 radical (unpaired) electrons. The van der Waals surface area contributed by atoms with Gasteiger partial charge < -0.3 is 10.0 Å². The van der Waals surface area contributed by atoms with Gasteiger partial charge in [-0.25, -0.2) is 0 Å². The van der Waals surface area contributed by atoms with E-state index < -0.39 is 0 Å². The van der Waals surface area contributed by atoms with Gasteiger partial charge in [-0.05, 0) is 37.3 Å². The molecule has 0 atom stereocenters. The number of hydrogen-bond acceptors (Lipinski definition) is 3. The first kappa shape index (κ1) is 11.9. The van der Waals surface area contributed by atoms with Crippen LogP contribution in [0, 0.1) is 17.2 Å². The SMILES string of the molecule is N#Cc1ccccc1N1CCC(CCO)CC1. The van der Waals surface area contributed by atoms with Crippen molar-refractivity contribution in [3.8, 4) is 6.07 Å². The average molecular weight is 230 g/mol. The molecule has 0 aromatic heterocycles. The quantitative estimate of drug-likeness (QED) is 0.865. The van der Waals surface area contributed by atoms with Crippen molar-refractivity contribution in [2.24, 2.45) is 5.92 Å². The largest absolute Gasteiger partial charge is 0.396 e. The van der Waals surface area contributed by atoms with Crippen LogP contribution in [0.5, 0.6) is 0 Å². The van der Waals surface area contributed by atoms with Gasteiger partial charge in [0.1, 0.15) is 6.07 Å². The maximum atomic E-state index is 9.08. The lowest BCUT2D eigenvalue weighted by molar-refractivity contribution is 0.240. The van der Waals surface area contributed by atoms with Crippen LogP contribution >= 0.6 is 0 Å². The highest BCUT2D eigenvalue weighted by atomic mass is 16.3. The molecule has 1 aliphatic heterocycles. The number of nitriles is 1. The lowest BCUT2D eigenvalue weighted by Gasteiger charge is -2.33. The number of aliphatic hydroxyl groups excluding tert-OH is 1. The Kier molecular flexibility index (Phi) is 4.00. The van der Waals surface area contributed by atoms with E-state index in [2.05, 4.69) is 11.0 Å². The van der Waals surface area contributed by atoms with Crippen LogP contribution in [0.4, 0.5) is 5.69 Å². The molecule has 3 nitrogen and oxygen atoms in total. The van der Waals surface area contributed by atoms with E-state index in [9.17, 15) is 0 Å². The van der Waals surface area contributed by atoms with Gasteiger partial charge in [0.05, 0.1) is 11.3 Å². The molecule has 1 heterocycles. The molecular formula is C14H18N2O. The maximum absolute atomic E-state index is 9.08. The van der Waals surface area contributed by atoms with Crippen molar-refractivity contribution in [1.29, 1.82) is 5.26 Å². The summed E-state index contributed by atoms with van der Waals surface area (Å²) in [6.07, 6.45) is 3.13. The molecule has 90 valence electrons. The Bertz CT molecular complexity index is 403. The molecule has 0 amide bonds. The highest BCUT2D eigenvalue weighted by Gasteiger charge is 2.20. The summed E-state index contributed by atoms with van der Waals surface area (Å²) in [4.78, 5) is 2.28. The molecule has 1 aliphatic rings. The number of benzene rings is 1. The summed E-state index contributed by atoms with van der Waals surface area (Å²) in [5, 5.41) is 18.0. The standard InChI is InChI=1S/C14H18N2O/c15-11-13-3-1-2-4-14(13)16-8-5-12(6-9-16)7-10-17/h1-4,12,17H,5-10H2. The second-order valence-electron chi connectivity index (χ2n) is 4.57. The molecule has 0 saturated carbocycles. The zero-order chi connectivity index (χ0) is 12.1. The molecule has 1 fully saturated rings. The Labute approximate surface area is 102 Å². The maximum Gasteiger partial charge on any atom is 0.101 e. The smallest absolute Gasteiger partial charge is 0.101 e. The van der Waals surface area contributed by atoms with Crippen molar-refractivity contribution in [3.63, 3.8) is 0 Å². The Morgan fingerprint density at radius 1 is 1.29 bits per heavy atom. The monoisotopic (exact) mass is 230 g/mol. The Morgan fingerprint density at radius 3 is 2.65 bits per heavy atom. The fraction of sp³-hybridized carbons (Fsp3) is 0.500. The summed E-state index contributed by atoms with van der Waals surface area (Å²) in [5.41, 5.74) is 1.81. The van der Waals surface area contributed by atoms with Gasteiger partial charge in [-0.3, -0.25) is 0 Å². The summed E-state index contributed by atoms with van der Waals surface area (Å²) in [6.45, 7) is 2.27. The van der Waals surface area contributed by atoms with Crippen molar-refractivity contribution in [3.05, 3.63) is 29.8 Å². The number of para-hydroxylation sites is 1. The van der Waals surface area contributed by atoms with E-state index in [4.69, 9.17) is 10.4 Å². The molecule has 17 heavy (non-hydrogen) atoms. The van der Waals surface area contributed by atoms with E-state index in [1.807, 2.05) is 24.3 Å². The Balaban J connectivity index is 2.03. The first-order valence-electron chi connectivity index (χ1n) is 6.20.